The summed E-state index contributed by atoms with van der Waals surface area (Å²) < 4.78 is 21.0. The average molecular weight is 372 g/mol. The van der Waals surface area contributed by atoms with E-state index < -0.39 is 0 Å². The predicted molar refractivity (Wildman–Crippen MR) is 97.5 cm³/mol. The van der Waals surface area contributed by atoms with Gasteiger partial charge in [0.05, 0.1) is 20.4 Å². The van der Waals surface area contributed by atoms with Gasteiger partial charge in [-0.15, -0.1) is 0 Å². The van der Waals surface area contributed by atoms with Gasteiger partial charge in [-0.25, -0.2) is 0 Å². The Morgan fingerprint density at radius 1 is 1.15 bits per heavy atom. The van der Waals surface area contributed by atoms with Crippen LogP contribution in [-0.4, -0.2) is 39.7 Å². The summed E-state index contributed by atoms with van der Waals surface area (Å²) >= 11 is 0. The topological polar surface area (TPSA) is 87.6 Å². The molecule has 1 heterocycles. The molecule has 0 saturated heterocycles. The smallest absolute Gasteiger partial charge is 0.261 e. The molecular weight excluding hydrogens is 352 g/mol. The minimum Gasteiger partial charge on any atom is -0.497 e. The van der Waals surface area contributed by atoms with Gasteiger partial charge in [-0.2, -0.15) is 0 Å². The number of oxime groups is 1. The largest absolute Gasteiger partial charge is 0.497 e. The Bertz CT molecular complexity index is 837. The summed E-state index contributed by atoms with van der Waals surface area (Å²) in [7, 11) is 3.13. The number of nitrogens with one attached hydrogen (secondary N) is 1. The lowest BCUT2D eigenvalue weighted by atomic mass is 10.2. The van der Waals surface area contributed by atoms with Crippen LogP contribution in [0.15, 0.2) is 41.6 Å². The van der Waals surface area contributed by atoms with Crippen LogP contribution < -0.4 is 24.3 Å². The van der Waals surface area contributed by atoms with Crippen LogP contribution in [0.25, 0.3) is 0 Å². The Hall–Kier alpha value is -3.42. The molecule has 8 nitrogen and oxygen atoms in total. The second-order valence-corrected chi connectivity index (χ2v) is 5.58. The monoisotopic (exact) mass is 372 g/mol. The number of nitrogens with zero attached hydrogens (tertiary/aromatic N) is 1. The van der Waals surface area contributed by atoms with E-state index >= 15 is 0 Å². The van der Waals surface area contributed by atoms with Gasteiger partial charge in [-0.1, -0.05) is 11.2 Å². The first-order valence-electron chi connectivity index (χ1n) is 8.22. The molecule has 0 radical (unpaired) electrons. The van der Waals surface area contributed by atoms with Crippen molar-refractivity contribution in [2.24, 2.45) is 5.16 Å². The van der Waals surface area contributed by atoms with Crippen LogP contribution in [0.3, 0.4) is 0 Å². The van der Waals surface area contributed by atoms with E-state index in [1.165, 1.54) is 6.21 Å². The van der Waals surface area contributed by atoms with Crippen molar-refractivity contribution in [3.05, 3.63) is 47.5 Å². The number of amides is 1. The third-order valence-electron chi connectivity index (χ3n) is 3.83. The lowest BCUT2D eigenvalue weighted by molar-refractivity contribution is -0.125. The molecule has 0 fully saturated rings. The van der Waals surface area contributed by atoms with E-state index in [9.17, 15) is 4.79 Å². The van der Waals surface area contributed by atoms with Crippen molar-refractivity contribution in [1.82, 2.24) is 5.32 Å². The molecule has 27 heavy (non-hydrogen) atoms. The SMILES string of the molecule is COc1ccc(OC)c(/C=N/OCC(=O)NCc2ccc3c(c2)OCO3)c1. The van der Waals surface area contributed by atoms with Crippen molar-refractivity contribution in [1.29, 1.82) is 0 Å². The van der Waals surface area contributed by atoms with Crippen molar-refractivity contribution in [2.75, 3.05) is 27.6 Å². The highest BCUT2D eigenvalue weighted by Gasteiger charge is 2.13. The second-order valence-electron chi connectivity index (χ2n) is 5.58. The van der Waals surface area contributed by atoms with Gasteiger partial charge < -0.3 is 29.1 Å². The Morgan fingerprint density at radius 3 is 2.81 bits per heavy atom. The van der Waals surface area contributed by atoms with Gasteiger partial charge in [-0.3, -0.25) is 4.79 Å². The molecule has 2 aromatic rings. The van der Waals surface area contributed by atoms with Crippen LogP contribution in [0.4, 0.5) is 0 Å². The highest BCUT2D eigenvalue weighted by molar-refractivity contribution is 5.84. The molecule has 1 N–H and O–H groups in total. The Kier molecular flexibility index (Phi) is 5.98. The number of fused-ring (bicyclic) bond motifs is 1. The first-order valence-corrected chi connectivity index (χ1v) is 8.22. The highest BCUT2D eigenvalue weighted by atomic mass is 16.7. The summed E-state index contributed by atoms with van der Waals surface area (Å²) in [6.45, 7) is 0.370. The van der Waals surface area contributed by atoms with Gasteiger partial charge in [0.25, 0.3) is 5.91 Å². The Labute approximate surface area is 156 Å². The summed E-state index contributed by atoms with van der Waals surface area (Å²) in [4.78, 5) is 16.9. The summed E-state index contributed by atoms with van der Waals surface area (Å²) in [6, 6.07) is 10.8. The normalized spacial score (nSPS) is 12.1. The van der Waals surface area contributed by atoms with Crippen LogP contribution in [-0.2, 0) is 16.2 Å². The van der Waals surface area contributed by atoms with E-state index in [2.05, 4.69) is 10.5 Å². The quantitative estimate of drug-likeness (QED) is 0.564. The molecule has 142 valence electrons. The van der Waals surface area contributed by atoms with Gasteiger partial charge >= 0.3 is 0 Å². The van der Waals surface area contributed by atoms with Gasteiger partial charge in [0, 0.05) is 12.1 Å². The van der Waals surface area contributed by atoms with E-state index in [1.807, 2.05) is 18.2 Å². The van der Waals surface area contributed by atoms with E-state index in [-0.39, 0.29) is 19.3 Å². The van der Waals surface area contributed by atoms with Crippen LogP contribution in [0, 0.1) is 0 Å². The Balaban J connectivity index is 1.46. The molecule has 0 atom stereocenters. The molecule has 0 bridgehead atoms. The first kappa shape index (κ1) is 18.4. The number of carbonyl (C=O) groups is 1. The number of ether oxygens (including phenoxy) is 4. The van der Waals surface area contributed by atoms with E-state index in [0.717, 1.165) is 5.56 Å². The third-order valence-corrected chi connectivity index (χ3v) is 3.83. The summed E-state index contributed by atoms with van der Waals surface area (Å²) in [6.07, 6.45) is 1.46. The van der Waals surface area contributed by atoms with Crippen molar-refractivity contribution in [2.45, 2.75) is 6.54 Å². The maximum absolute atomic E-state index is 11.9. The van der Waals surface area contributed by atoms with Crippen molar-refractivity contribution < 1.29 is 28.6 Å². The third kappa shape index (κ3) is 4.81. The molecule has 1 aliphatic rings. The molecule has 0 saturated carbocycles. The van der Waals surface area contributed by atoms with Crippen molar-refractivity contribution >= 4 is 12.1 Å². The maximum atomic E-state index is 11.9. The molecule has 1 aliphatic heterocycles. The highest BCUT2D eigenvalue weighted by Crippen LogP contribution is 2.32. The van der Waals surface area contributed by atoms with Crippen LogP contribution in [0.1, 0.15) is 11.1 Å². The van der Waals surface area contributed by atoms with Gasteiger partial charge in [-0.05, 0) is 35.9 Å². The standard InChI is InChI=1S/C19H20N2O6/c1-23-15-4-6-16(24-2)14(8-15)10-21-27-11-19(22)20-9-13-3-5-17-18(7-13)26-12-25-17/h3-8,10H,9,11-12H2,1-2H3,(H,20,22)/b21-10+. The van der Waals surface area contributed by atoms with E-state index in [4.69, 9.17) is 23.8 Å². The molecule has 0 aromatic heterocycles. The van der Waals surface area contributed by atoms with E-state index in [1.54, 1.807) is 32.4 Å². The van der Waals surface area contributed by atoms with Crippen LogP contribution in [0.2, 0.25) is 0 Å². The number of rotatable bonds is 8. The number of carbonyl (C=O) groups excluding carboxylic acids is 1. The zero-order valence-corrected chi connectivity index (χ0v) is 15.1. The predicted octanol–water partition coefficient (Wildman–Crippen LogP) is 2.10. The van der Waals surface area contributed by atoms with Crippen LogP contribution in [0.5, 0.6) is 23.0 Å². The fourth-order valence-electron chi connectivity index (χ4n) is 2.43. The zero-order chi connectivity index (χ0) is 19.1. The minimum absolute atomic E-state index is 0.201. The Morgan fingerprint density at radius 2 is 2.00 bits per heavy atom. The van der Waals surface area contributed by atoms with Crippen molar-refractivity contribution in [3.8, 4) is 23.0 Å². The molecule has 2 aromatic carbocycles. The average Bonchev–Trinajstić information content (AvgIpc) is 3.17. The van der Waals surface area contributed by atoms with Gasteiger partial charge in [0.2, 0.25) is 6.79 Å². The molecular formula is C19H20N2O6. The van der Waals surface area contributed by atoms with Crippen molar-refractivity contribution in [3.63, 3.8) is 0 Å². The molecule has 8 heteroatoms. The number of methoxy groups -OCH3 is 2. The second kappa shape index (κ2) is 8.79. The van der Waals surface area contributed by atoms with Crippen LogP contribution >= 0.6 is 0 Å². The minimum atomic E-state index is -0.289. The summed E-state index contributed by atoms with van der Waals surface area (Å²) in [5.74, 6) is 2.38. The summed E-state index contributed by atoms with van der Waals surface area (Å²) in [5.41, 5.74) is 1.58. The van der Waals surface area contributed by atoms with Gasteiger partial charge in [0.1, 0.15) is 11.5 Å². The number of benzene rings is 2. The number of hydrogen-bond donors (Lipinski definition) is 1. The molecule has 0 aliphatic carbocycles. The lowest BCUT2D eigenvalue weighted by Gasteiger charge is -2.07. The molecule has 0 unspecified atom stereocenters. The fraction of sp³-hybridized carbons (Fsp3) is 0.263. The number of hydrogen-bond acceptors (Lipinski definition) is 7. The lowest BCUT2D eigenvalue weighted by Crippen LogP contribution is -2.26. The molecule has 0 spiro atoms. The zero-order valence-electron chi connectivity index (χ0n) is 15.1. The summed E-state index contributed by atoms with van der Waals surface area (Å²) in [5, 5.41) is 6.56. The maximum Gasteiger partial charge on any atom is 0.261 e. The molecule has 1 amide bonds. The van der Waals surface area contributed by atoms with E-state index in [0.29, 0.717) is 35.1 Å². The fourth-order valence-corrected chi connectivity index (χ4v) is 2.43. The van der Waals surface area contributed by atoms with Gasteiger partial charge in [0.15, 0.2) is 18.1 Å². The first-order chi connectivity index (χ1) is 13.2. The molecule has 3 rings (SSSR count).